The Bertz CT molecular complexity index is 285. The van der Waals surface area contributed by atoms with Crippen LogP contribution in [0.25, 0.3) is 0 Å². The minimum atomic E-state index is -1.14. The molecule has 0 saturated heterocycles. The number of hydrogen-bond donors (Lipinski definition) is 0. The van der Waals surface area contributed by atoms with E-state index in [1.807, 2.05) is 0 Å². The summed E-state index contributed by atoms with van der Waals surface area (Å²) in [5.41, 5.74) is 0. The summed E-state index contributed by atoms with van der Waals surface area (Å²) in [6.07, 6.45) is 0. The molecule has 0 spiro atoms. The molecule has 0 heterocycles. The van der Waals surface area contributed by atoms with E-state index in [0.29, 0.717) is 0 Å². The molecular weight excluding hydrogens is 244 g/mol. The van der Waals surface area contributed by atoms with Gasteiger partial charge in [0.25, 0.3) is 10.2 Å². The smallest absolute Gasteiger partial charge is 0.294 e. The molecular formula is C6H8N2O9. The zero-order valence-electron chi connectivity index (χ0n) is 8.40. The van der Waals surface area contributed by atoms with Crippen LogP contribution in [0, 0.1) is 20.2 Å². The van der Waals surface area contributed by atoms with Gasteiger partial charge in [0.2, 0.25) is 0 Å². The molecule has 0 amide bonds. The first-order valence-corrected chi connectivity index (χ1v) is 4.07. The van der Waals surface area contributed by atoms with E-state index in [9.17, 15) is 29.8 Å². The average molecular weight is 252 g/mol. The summed E-state index contributed by atoms with van der Waals surface area (Å²) in [7, 11) is 0. The minimum Gasteiger partial charge on any atom is -0.366 e. The summed E-state index contributed by atoms with van der Waals surface area (Å²) < 4.78 is 4.52. The van der Waals surface area contributed by atoms with Crippen molar-refractivity contribution in [3.8, 4) is 0 Å². The fourth-order valence-electron chi connectivity index (χ4n) is 0.611. The van der Waals surface area contributed by atoms with Crippen LogP contribution in [0.5, 0.6) is 0 Å². The highest BCUT2D eigenvalue weighted by Crippen LogP contribution is 1.85. The molecule has 0 fully saturated rings. The van der Waals surface area contributed by atoms with Gasteiger partial charge in [-0.05, 0) is 0 Å². The Hall–Kier alpha value is -2.30. The number of ketones is 2. The van der Waals surface area contributed by atoms with Gasteiger partial charge in [-0.25, -0.2) is 0 Å². The zero-order valence-corrected chi connectivity index (χ0v) is 8.40. The molecule has 0 aromatic carbocycles. The van der Waals surface area contributed by atoms with Gasteiger partial charge < -0.3 is 14.4 Å². The largest absolute Gasteiger partial charge is 0.366 e. The van der Waals surface area contributed by atoms with E-state index in [4.69, 9.17) is 0 Å². The molecule has 0 aliphatic carbocycles. The van der Waals surface area contributed by atoms with Crippen LogP contribution in [-0.2, 0) is 24.0 Å². The van der Waals surface area contributed by atoms with Gasteiger partial charge in [-0.15, -0.1) is 20.2 Å². The predicted molar refractivity (Wildman–Crippen MR) is 46.7 cm³/mol. The third kappa shape index (κ3) is 9.99. The van der Waals surface area contributed by atoms with Crippen molar-refractivity contribution in [3.05, 3.63) is 20.2 Å². The SMILES string of the molecule is O=C(COCC(=O)CO[N+](=O)[O-])CO[N+](=O)[O-]. The van der Waals surface area contributed by atoms with E-state index in [1.54, 1.807) is 0 Å². The van der Waals surface area contributed by atoms with Crippen molar-refractivity contribution in [1.29, 1.82) is 0 Å². The maximum Gasteiger partial charge on any atom is 0.294 e. The van der Waals surface area contributed by atoms with Crippen LogP contribution in [-0.4, -0.2) is 48.2 Å². The Kier molecular flexibility index (Phi) is 6.85. The van der Waals surface area contributed by atoms with Crippen molar-refractivity contribution in [1.82, 2.24) is 0 Å². The van der Waals surface area contributed by atoms with E-state index in [2.05, 4.69) is 14.4 Å². The Balaban J connectivity index is 3.55. The number of rotatable bonds is 10. The predicted octanol–water partition coefficient (Wildman–Crippen LogP) is -1.44. The molecule has 0 radical (unpaired) electrons. The van der Waals surface area contributed by atoms with Crippen molar-refractivity contribution < 1.29 is 34.2 Å². The van der Waals surface area contributed by atoms with Crippen LogP contribution < -0.4 is 0 Å². The number of carbonyl (C=O) groups is 2. The molecule has 0 rings (SSSR count). The molecule has 0 N–H and O–H groups in total. The van der Waals surface area contributed by atoms with Crippen LogP contribution in [0.4, 0.5) is 0 Å². The number of carbonyl (C=O) groups excluding carboxylic acids is 2. The highest BCUT2D eigenvalue weighted by atomic mass is 17.0. The topological polar surface area (TPSA) is 148 Å². The van der Waals surface area contributed by atoms with Gasteiger partial charge >= 0.3 is 0 Å². The lowest BCUT2D eigenvalue weighted by Gasteiger charge is -2.02. The summed E-state index contributed by atoms with van der Waals surface area (Å²) >= 11 is 0. The lowest BCUT2D eigenvalue weighted by atomic mass is 10.4. The third-order valence-corrected chi connectivity index (χ3v) is 1.19. The lowest BCUT2D eigenvalue weighted by molar-refractivity contribution is -0.754. The molecule has 0 saturated carbocycles. The summed E-state index contributed by atoms with van der Waals surface area (Å²) in [4.78, 5) is 48.4. The van der Waals surface area contributed by atoms with Gasteiger partial charge in [0, 0.05) is 0 Å². The Morgan fingerprint density at radius 2 is 1.18 bits per heavy atom. The Morgan fingerprint density at radius 3 is 1.47 bits per heavy atom. The van der Waals surface area contributed by atoms with Crippen LogP contribution in [0.1, 0.15) is 0 Å². The van der Waals surface area contributed by atoms with Crippen LogP contribution in [0.2, 0.25) is 0 Å². The lowest BCUT2D eigenvalue weighted by Crippen LogP contribution is -2.22. The maximum atomic E-state index is 10.8. The molecule has 11 heteroatoms. The maximum absolute atomic E-state index is 10.8. The first kappa shape index (κ1) is 14.7. The van der Waals surface area contributed by atoms with E-state index >= 15 is 0 Å². The summed E-state index contributed by atoms with van der Waals surface area (Å²) in [5, 5.41) is 17.1. The molecule has 0 aliphatic rings. The molecule has 0 aliphatic heterocycles. The van der Waals surface area contributed by atoms with Crippen molar-refractivity contribution in [2.75, 3.05) is 26.4 Å². The Labute approximate surface area is 93.4 Å². The quantitative estimate of drug-likeness (QED) is 0.336. The monoisotopic (exact) mass is 252 g/mol. The highest BCUT2D eigenvalue weighted by molar-refractivity contribution is 5.83. The van der Waals surface area contributed by atoms with Crippen LogP contribution in [0.3, 0.4) is 0 Å². The minimum absolute atomic E-state index is 0.571. The average Bonchev–Trinajstić information content (AvgIpc) is 2.23. The van der Waals surface area contributed by atoms with Crippen LogP contribution in [0.15, 0.2) is 0 Å². The van der Waals surface area contributed by atoms with Crippen molar-refractivity contribution in [2.45, 2.75) is 0 Å². The van der Waals surface area contributed by atoms with Gasteiger partial charge in [0.05, 0.1) is 0 Å². The van der Waals surface area contributed by atoms with Gasteiger partial charge in [0.15, 0.2) is 24.8 Å². The van der Waals surface area contributed by atoms with Crippen molar-refractivity contribution >= 4 is 11.6 Å². The van der Waals surface area contributed by atoms with E-state index < -0.39 is 48.2 Å². The number of Topliss-reactive ketones (excluding diaryl/α,β-unsaturated/α-hetero) is 2. The third-order valence-electron chi connectivity index (χ3n) is 1.19. The van der Waals surface area contributed by atoms with Crippen molar-refractivity contribution in [3.63, 3.8) is 0 Å². The van der Waals surface area contributed by atoms with E-state index in [-0.39, 0.29) is 0 Å². The number of nitrogens with zero attached hydrogens (tertiary/aromatic N) is 2. The van der Waals surface area contributed by atoms with Gasteiger partial charge in [-0.2, -0.15) is 0 Å². The zero-order chi connectivity index (χ0) is 13.3. The second-order valence-corrected chi connectivity index (χ2v) is 2.56. The second kappa shape index (κ2) is 7.92. The fourth-order valence-corrected chi connectivity index (χ4v) is 0.611. The molecule has 0 aromatic heterocycles. The standard InChI is InChI=1S/C6H8N2O9/c9-5(3-16-7(11)12)1-15-2-6(10)4-17-8(13)14/h1-4H2. The normalized spacial score (nSPS) is 9.41. The first-order valence-electron chi connectivity index (χ1n) is 4.07. The fraction of sp³-hybridized carbons (Fsp3) is 0.667. The second-order valence-electron chi connectivity index (χ2n) is 2.56. The summed E-state index contributed by atoms with van der Waals surface area (Å²) in [6, 6.07) is 0. The first-order chi connectivity index (χ1) is 7.91. The molecule has 0 atom stereocenters. The van der Waals surface area contributed by atoms with Crippen LogP contribution >= 0.6 is 0 Å². The van der Waals surface area contributed by atoms with E-state index in [0.717, 1.165) is 0 Å². The highest BCUT2D eigenvalue weighted by Gasteiger charge is 2.09. The molecule has 0 unspecified atom stereocenters. The van der Waals surface area contributed by atoms with Gasteiger partial charge in [-0.1, -0.05) is 0 Å². The molecule has 0 bridgehead atoms. The number of hydrogen-bond acceptors (Lipinski definition) is 9. The van der Waals surface area contributed by atoms with Crippen molar-refractivity contribution in [2.24, 2.45) is 0 Å². The molecule has 96 valence electrons. The van der Waals surface area contributed by atoms with Gasteiger partial charge in [0.1, 0.15) is 13.2 Å². The molecule has 11 nitrogen and oxygen atoms in total. The summed E-state index contributed by atoms with van der Waals surface area (Å²) in [5.74, 6) is -1.49. The summed E-state index contributed by atoms with van der Waals surface area (Å²) in [6.45, 7) is -2.71. The Morgan fingerprint density at radius 1 is 0.824 bits per heavy atom. The van der Waals surface area contributed by atoms with Gasteiger partial charge in [-0.3, -0.25) is 9.59 Å². The number of ether oxygens (including phenoxy) is 1. The molecule has 0 aromatic rings. The molecule has 17 heavy (non-hydrogen) atoms. The van der Waals surface area contributed by atoms with E-state index in [1.165, 1.54) is 0 Å².